The zero-order valence-corrected chi connectivity index (χ0v) is 11.7. The van der Waals surface area contributed by atoms with Gasteiger partial charge < -0.3 is 20.1 Å². The molecule has 2 aliphatic rings. The number of thioether (sulfide) groups is 1. The lowest BCUT2D eigenvalue weighted by Crippen LogP contribution is -2.49. The Labute approximate surface area is 116 Å². The molecule has 2 N–H and O–H groups in total. The highest BCUT2D eigenvalue weighted by atomic mass is 32.2. The third-order valence-corrected chi connectivity index (χ3v) is 4.78. The maximum atomic E-state index is 12.0. The van der Waals surface area contributed by atoms with Crippen LogP contribution in [0, 0.1) is 0 Å². The number of nitrogens with zero attached hydrogens (tertiary/aromatic N) is 1. The number of hydrogen-bond acceptors (Lipinski definition) is 5. The molecule has 0 aromatic carbocycles. The van der Waals surface area contributed by atoms with Crippen molar-refractivity contribution in [1.29, 1.82) is 0 Å². The molecule has 108 valence electrons. The van der Waals surface area contributed by atoms with Crippen LogP contribution in [0.2, 0.25) is 0 Å². The fourth-order valence-electron chi connectivity index (χ4n) is 2.27. The van der Waals surface area contributed by atoms with Gasteiger partial charge in [-0.2, -0.15) is 0 Å². The molecule has 2 heterocycles. The van der Waals surface area contributed by atoms with Crippen LogP contribution in [0.4, 0.5) is 0 Å². The normalized spacial score (nSPS) is 25.3. The molecule has 2 aliphatic heterocycles. The maximum Gasteiger partial charge on any atom is 0.334 e. The quantitative estimate of drug-likeness (QED) is 0.745. The van der Waals surface area contributed by atoms with E-state index < -0.39 is 12.1 Å². The largest absolute Gasteiger partial charge is 0.479 e. The Bertz CT molecular complexity index is 334. The summed E-state index contributed by atoms with van der Waals surface area (Å²) in [6.45, 7) is 3.01. The molecule has 2 fully saturated rings. The van der Waals surface area contributed by atoms with Gasteiger partial charge in [-0.05, 0) is 25.9 Å². The number of morpholine rings is 1. The van der Waals surface area contributed by atoms with E-state index >= 15 is 0 Å². The smallest absolute Gasteiger partial charge is 0.334 e. The summed E-state index contributed by atoms with van der Waals surface area (Å²) in [5.41, 5.74) is 0. The van der Waals surface area contributed by atoms with E-state index in [0.717, 1.165) is 25.9 Å². The number of hydrogen-bond donors (Lipinski definition) is 2. The van der Waals surface area contributed by atoms with Crippen LogP contribution < -0.4 is 5.32 Å². The number of aliphatic carboxylic acids is 1. The second-order valence-corrected chi connectivity index (χ2v) is 6.09. The van der Waals surface area contributed by atoms with Crippen molar-refractivity contribution in [2.45, 2.75) is 24.2 Å². The summed E-state index contributed by atoms with van der Waals surface area (Å²) in [6.07, 6.45) is 1.32. The molecule has 19 heavy (non-hydrogen) atoms. The van der Waals surface area contributed by atoms with Gasteiger partial charge in [0.2, 0.25) is 5.91 Å². The Morgan fingerprint density at radius 3 is 2.79 bits per heavy atom. The topological polar surface area (TPSA) is 78.9 Å². The van der Waals surface area contributed by atoms with E-state index in [-0.39, 0.29) is 12.5 Å². The minimum absolute atomic E-state index is 0.0260. The lowest BCUT2D eigenvalue weighted by atomic mass is 10.2. The van der Waals surface area contributed by atoms with Gasteiger partial charge in [0.15, 0.2) is 6.10 Å². The molecule has 0 aromatic rings. The highest BCUT2D eigenvalue weighted by molar-refractivity contribution is 8.00. The SMILES string of the molecule is O=C(O)C1CN(C(=O)CSC2CCNCC2)CCO1. The van der Waals surface area contributed by atoms with Gasteiger partial charge >= 0.3 is 5.97 Å². The lowest BCUT2D eigenvalue weighted by molar-refractivity contribution is -0.158. The number of nitrogens with one attached hydrogen (secondary N) is 1. The van der Waals surface area contributed by atoms with Crippen molar-refractivity contribution in [1.82, 2.24) is 10.2 Å². The average molecular weight is 288 g/mol. The number of rotatable bonds is 4. The van der Waals surface area contributed by atoms with Crippen molar-refractivity contribution in [3.63, 3.8) is 0 Å². The third-order valence-electron chi connectivity index (χ3n) is 3.42. The zero-order valence-electron chi connectivity index (χ0n) is 10.8. The van der Waals surface area contributed by atoms with Gasteiger partial charge in [0.05, 0.1) is 18.9 Å². The van der Waals surface area contributed by atoms with Crippen LogP contribution >= 0.6 is 11.8 Å². The highest BCUT2D eigenvalue weighted by Crippen LogP contribution is 2.20. The van der Waals surface area contributed by atoms with Crippen LogP contribution in [0.25, 0.3) is 0 Å². The van der Waals surface area contributed by atoms with Crippen LogP contribution in [0.1, 0.15) is 12.8 Å². The first-order valence-electron chi connectivity index (χ1n) is 6.61. The van der Waals surface area contributed by atoms with E-state index in [9.17, 15) is 9.59 Å². The first-order valence-corrected chi connectivity index (χ1v) is 7.66. The number of ether oxygens (including phenoxy) is 1. The lowest BCUT2D eigenvalue weighted by Gasteiger charge is -2.31. The summed E-state index contributed by atoms with van der Waals surface area (Å²) in [5, 5.41) is 12.7. The van der Waals surface area contributed by atoms with E-state index in [1.807, 2.05) is 0 Å². The molecule has 0 radical (unpaired) electrons. The fraction of sp³-hybridized carbons (Fsp3) is 0.833. The van der Waals surface area contributed by atoms with Crippen molar-refractivity contribution in [2.75, 3.05) is 38.5 Å². The van der Waals surface area contributed by atoms with Gasteiger partial charge in [-0.3, -0.25) is 4.79 Å². The predicted octanol–water partition coefficient (Wildman–Crippen LogP) is -0.216. The molecule has 0 aliphatic carbocycles. The van der Waals surface area contributed by atoms with Gasteiger partial charge in [0, 0.05) is 11.8 Å². The minimum atomic E-state index is -0.997. The number of carbonyl (C=O) groups is 2. The van der Waals surface area contributed by atoms with Gasteiger partial charge in [0.1, 0.15) is 0 Å². The summed E-state index contributed by atoms with van der Waals surface area (Å²) in [4.78, 5) is 24.5. The molecular weight excluding hydrogens is 268 g/mol. The van der Waals surface area contributed by atoms with Gasteiger partial charge in [-0.1, -0.05) is 0 Å². The van der Waals surface area contributed by atoms with E-state index in [1.165, 1.54) is 0 Å². The molecule has 1 atom stereocenters. The molecule has 7 heteroatoms. The van der Waals surface area contributed by atoms with Gasteiger partial charge in [-0.15, -0.1) is 11.8 Å². The maximum absolute atomic E-state index is 12.0. The van der Waals surface area contributed by atoms with E-state index in [4.69, 9.17) is 9.84 Å². The van der Waals surface area contributed by atoms with Crippen LogP contribution in [-0.2, 0) is 14.3 Å². The molecule has 2 rings (SSSR count). The first-order chi connectivity index (χ1) is 9.16. The molecule has 1 amide bonds. The van der Waals surface area contributed by atoms with Crippen LogP contribution in [0.15, 0.2) is 0 Å². The number of carboxylic acid groups (broad SMARTS) is 1. The number of piperidine rings is 1. The standard InChI is InChI=1S/C12H20N2O4S/c15-11(8-19-9-1-3-13-4-2-9)14-5-6-18-10(7-14)12(16)17/h9-10,13H,1-8H2,(H,16,17). The Morgan fingerprint density at radius 2 is 2.11 bits per heavy atom. The zero-order chi connectivity index (χ0) is 13.7. The van der Waals surface area contributed by atoms with Crippen molar-refractivity contribution in [3.8, 4) is 0 Å². The average Bonchev–Trinajstić information content (AvgIpc) is 2.46. The summed E-state index contributed by atoms with van der Waals surface area (Å²) >= 11 is 1.69. The van der Waals surface area contributed by atoms with Crippen molar-refractivity contribution >= 4 is 23.6 Å². The third kappa shape index (κ3) is 4.36. The van der Waals surface area contributed by atoms with Crippen molar-refractivity contribution < 1.29 is 19.4 Å². The summed E-state index contributed by atoms with van der Waals surface area (Å²) in [7, 11) is 0. The monoisotopic (exact) mass is 288 g/mol. The highest BCUT2D eigenvalue weighted by Gasteiger charge is 2.29. The molecule has 0 bridgehead atoms. The molecule has 2 saturated heterocycles. The summed E-state index contributed by atoms with van der Waals surface area (Å²) < 4.78 is 5.11. The second-order valence-electron chi connectivity index (χ2n) is 4.80. The van der Waals surface area contributed by atoms with E-state index in [1.54, 1.807) is 16.7 Å². The molecule has 0 saturated carbocycles. The minimum Gasteiger partial charge on any atom is -0.479 e. The van der Waals surface area contributed by atoms with Crippen LogP contribution in [0.3, 0.4) is 0 Å². The second kappa shape index (κ2) is 7.12. The Balaban J connectivity index is 1.74. The summed E-state index contributed by atoms with van der Waals surface area (Å²) in [6, 6.07) is 0. The van der Waals surface area contributed by atoms with Crippen molar-refractivity contribution in [3.05, 3.63) is 0 Å². The first kappa shape index (κ1) is 14.6. The number of amides is 1. The van der Waals surface area contributed by atoms with Crippen molar-refractivity contribution in [2.24, 2.45) is 0 Å². The molecule has 1 unspecified atom stereocenters. The fourth-order valence-corrected chi connectivity index (χ4v) is 3.40. The van der Waals surface area contributed by atoms with Crippen LogP contribution in [0.5, 0.6) is 0 Å². The molecular formula is C12H20N2O4S. The van der Waals surface area contributed by atoms with E-state index in [2.05, 4.69) is 5.32 Å². The molecule has 0 spiro atoms. The van der Waals surface area contributed by atoms with E-state index in [0.29, 0.717) is 24.2 Å². The predicted molar refractivity (Wildman–Crippen MR) is 72.3 cm³/mol. The molecule has 6 nitrogen and oxygen atoms in total. The van der Waals surface area contributed by atoms with Gasteiger partial charge in [0.25, 0.3) is 0 Å². The van der Waals surface area contributed by atoms with Crippen LogP contribution in [-0.4, -0.2) is 71.8 Å². The van der Waals surface area contributed by atoms with Gasteiger partial charge in [-0.25, -0.2) is 4.79 Å². The number of carboxylic acids is 1. The Kier molecular flexibility index (Phi) is 5.47. The number of carbonyl (C=O) groups excluding carboxylic acids is 1. The summed E-state index contributed by atoms with van der Waals surface area (Å²) in [5.74, 6) is -0.529. The molecule has 0 aromatic heterocycles. The Morgan fingerprint density at radius 1 is 1.37 bits per heavy atom. The Hall–Kier alpha value is -0.790.